The molecule has 0 aliphatic rings. The number of oxime groups is 1. The van der Waals surface area contributed by atoms with Crippen LogP contribution in [0.2, 0.25) is 0 Å². The number of pyridine rings is 1. The first-order chi connectivity index (χ1) is 13.8. The van der Waals surface area contributed by atoms with Gasteiger partial charge in [-0.1, -0.05) is 29.4 Å². The van der Waals surface area contributed by atoms with Crippen molar-refractivity contribution in [2.75, 3.05) is 0 Å². The molecule has 0 amide bonds. The molecule has 4 aromatic rings. The first kappa shape index (κ1) is 17.7. The van der Waals surface area contributed by atoms with Gasteiger partial charge in [-0.05, 0) is 35.7 Å². The number of para-hydroxylation sites is 1. The van der Waals surface area contributed by atoms with Crippen LogP contribution in [0, 0.1) is 0 Å². The lowest BCUT2D eigenvalue weighted by molar-refractivity contribution is 0.127. The van der Waals surface area contributed by atoms with Crippen LogP contribution in [0.3, 0.4) is 0 Å². The third-order valence-corrected chi connectivity index (χ3v) is 4.52. The molecule has 2 N–H and O–H groups in total. The van der Waals surface area contributed by atoms with Crippen LogP contribution >= 0.6 is 11.3 Å². The Morgan fingerprint density at radius 3 is 2.82 bits per heavy atom. The fourth-order valence-electron chi connectivity index (χ4n) is 2.37. The van der Waals surface area contributed by atoms with Gasteiger partial charge >= 0.3 is 0 Å². The van der Waals surface area contributed by atoms with Crippen LogP contribution < -0.4 is 10.5 Å². The summed E-state index contributed by atoms with van der Waals surface area (Å²) >= 11 is 1.55. The van der Waals surface area contributed by atoms with Crippen LogP contribution in [0.25, 0.3) is 10.8 Å². The zero-order valence-electron chi connectivity index (χ0n) is 14.7. The molecule has 0 bridgehead atoms. The topological polar surface area (TPSA) is 95.8 Å². The monoisotopic (exact) mass is 392 g/mol. The Labute approximate surface area is 165 Å². The van der Waals surface area contributed by atoms with E-state index >= 15 is 0 Å². The molecule has 0 saturated carbocycles. The molecule has 0 radical (unpaired) electrons. The zero-order valence-corrected chi connectivity index (χ0v) is 15.5. The number of nitrogens with two attached hydrogens (primary N) is 1. The van der Waals surface area contributed by atoms with Gasteiger partial charge in [0.05, 0.1) is 10.4 Å². The largest absolute Gasteiger partial charge is 0.443 e. The second-order valence-electron chi connectivity index (χ2n) is 5.64. The molecular weight excluding hydrogens is 376 g/mol. The van der Waals surface area contributed by atoms with Gasteiger partial charge < -0.3 is 19.7 Å². The van der Waals surface area contributed by atoms with Crippen LogP contribution in [0.4, 0.5) is 0 Å². The number of hydrogen-bond acceptors (Lipinski definition) is 7. The van der Waals surface area contributed by atoms with Crippen molar-refractivity contribution in [1.82, 2.24) is 9.97 Å². The van der Waals surface area contributed by atoms with E-state index in [2.05, 4.69) is 15.1 Å². The van der Waals surface area contributed by atoms with E-state index in [1.54, 1.807) is 29.7 Å². The van der Waals surface area contributed by atoms with Crippen molar-refractivity contribution >= 4 is 17.2 Å². The van der Waals surface area contributed by atoms with E-state index in [1.165, 1.54) is 6.26 Å². The number of amidine groups is 1. The highest BCUT2D eigenvalue weighted by molar-refractivity contribution is 7.13. The SMILES string of the molecule is N/C(=N/OCc1coc(-c2cccs2)n1)c1cccnc1Oc1ccccc1. The Kier molecular flexibility index (Phi) is 5.30. The Balaban J connectivity index is 1.43. The fourth-order valence-corrected chi connectivity index (χ4v) is 3.03. The summed E-state index contributed by atoms with van der Waals surface area (Å²) in [4.78, 5) is 14.9. The van der Waals surface area contributed by atoms with Crippen molar-refractivity contribution in [3.63, 3.8) is 0 Å². The summed E-state index contributed by atoms with van der Waals surface area (Å²) in [5.74, 6) is 1.71. The Bertz CT molecular complexity index is 1060. The minimum Gasteiger partial charge on any atom is -0.443 e. The molecule has 0 saturated heterocycles. The summed E-state index contributed by atoms with van der Waals surface area (Å²) in [6, 6.07) is 16.7. The summed E-state index contributed by atoms with van der Waals surface area (Å²) in [5.41, 5.74) is 7.21. The molecule has 28 heavy (non-hydrogen) atoms. The highest BCUT2D eigenvalue weighted by atomic mass is 32.1. The first-order valence-corrected chi connectivity index (χ1v) is 9.29. The predicted molar refractivity (Wildman–Crippen MR) is 106 cm³/mol. The smallest absolute Gasteiger partial charge is 0.236 e. The Morgan fingerprint density at radius 2 is 2.00 bits per heavy atom. The predicted octanol–water partition coefficient (Wildman–Crippen LogP) is 4.43. The summed E-state index contributed by atoms with van der Waals surface area (Å²) in [6.07, 6.45) is 3.16. The van der Waals surface area contributed by atoms with Crippen LogP contribution in [0.1, 0.15) is 11.3 Å². The van der Waals surface area contributed by atoms with E-state index in [0.717, 1.165) is 4.88 Å². The van der Waals surface area contributed by atoms with Crippen molar-refractivity contribution in [1.29, 1.82) is 0 Å². The minimum atomic E-state index is 0.130. The molecule has 0 aliphatic heterocycles. The van der Waals surface area contributed by atoms with Crippen LogP contribution in [-0.4, -0.2) is 15.8 Å². The lowest BCUT2D eigenvalue weighted by Crippen LogP contribution is -2.15. The standard InChI is InChI=1S/C20H16N4O3S/c21-18(16-8-4-10-22-19(16)27-15-6-2-1-3-7-15)24-26-13-14-12-25-20(23-14)17-9-5-11-28-17/h1-12H,13H2,(H2,21,24). The van der Waals surface area contributed by atoms with E-state index in [0.29, 0.717) is 28.8 Å². The molecule has 0 unspecified atom stereocenters. The number of hydrogen-bond donors (Lipinski definition) is 1. The van der Waals surface area contributed by atoms with Gasteiger partial charge in [0.15, 0.2) is 12.4 Å². The highest BCUT2D eigenvalue weighted by Gasteiger charge is 2.11. The summed E-state index contributed by atoms with van der Waals surface area (Å²) in [7, 11) is 0. The van der Waals surface area contributed by atoms with Gasteiger partial charge in [-0.2, -0.15) is 0 Å². The van der Waals surface area contributed by atoms with Gasteiger partial charge in [-0.25, -0.2) is 9.97 Å². The van der Waals surface area contributed by atoms with Crippen molar-refractivity contribution in [2.24, 2.45) is 10.9 Å². The first-order valence-electron chi connectivity index (χ1n) is 8.41. The second kappa shape index (κ2) is 8.36. The van der Waals surface area contributed by atoms with Gasteiger partial charge in [-0.3, -0.25) is 0 Å². The molecule has 0 fully saturated rings. The molecule has 4 rings (SSSR count). The maximum Gasteiger partial charge on any atom is 0.236 e. The second-order valence-corrected chi connectivity index (χ2v) is 6.59. The minimum absolute atomic E-state index is 0.130. The highest BCUT2D eigenvalue weighted by Crippen LogP contribution is 2.24. The maximum atomic E-state index is 6.06. The average Bonchev–Trinajstić information content (AvgIpc) is 3.41. The van der Waals surface area contributed by atoms with Crippen molar-refractivity contribution in [3.05, 3.63) is 83.7 Å². The van der Waals surface area contributed by atoms with Crippen molar-refractivity contribution < 1.29 is 14.0 Å². The van der Waals surface area contributed by atoms with E-state index in [1.807, 2.05) is 47.8 Å². The normalized spacial score (nSPS) is 11.4. The number of aromatic nitrogens is 2. The Hall–Kier alpha value is -3.65. The summed E-state index contributed by atoms with van der Waals surface area (Å²) in [6.45, 7) is 0.130. The van der Waals surface area contributed by atoms with Crippen molar-refractivity contribution in [3.8, 4) is 22.4 Å². The molecule has 1 aromatic carbocycles. The van der Waals surface area contributed by atoms with E-state index in [4.69, 9.17) is 19.7 Å². The van der Waals surface area contributed by atoms with E-state index in [-0.39, 0.29) is 12.4 Å². The molecule has 3 aromatic heterocycles. The number of benzene rings is 1. The molecule has 7 nitrogen and oxygen atoms in total. The van der Waals surface area contributed by atoms with Gasteiger partial charge in [0, 0.05) is 6.20 Å². The van der Waals surface area contributed by atoms with Gasteiger partial charge in [0.2, 0.25) is 11.8 Å². The molecule has 3 heterocycles. The quantitative estimate of drug-likeness (QED) is 0.284. The van der Waals surface area contributed by atoms with E-state index in [9.17, 15) is 0 Å². The average molecular weight is 392 g/mol. The summed E-state index contributed by atoms with van der Waals surface area (Å²) < 4.78 is 11.2. The number of oxazole rings is 1. The van der Waals surface area contributed by atoms with Crippen LogP contribution in [-0.2, 0) is 11.4 Å². The number of rotatable bonds is 7. The van der Waals surface area contributed by atoms with E-state index < -0.39 is 0 Å². The Morgan fingerprint density at radius 1 is 1.11 bits per heavy atom. The third kappa shape index (κ3) is 4.18. The van der Waals surface area contributed by atoms with Crippen molar-refractivity contribution in [2.45, 2.75) is 6.61 Å². The molecule has 140 valence electrons. The molecule has 0 atom stereocenters. The molecule has 8 heteroatoms. The van der Waals surface area contributed by atoms with Gasteiger partial charge in [0.25, 0.3) is 0 Å². The fraction of sp³-hybridized carbons (Fsp3) is 0.0500. The van der Waals surface area contributed by atoms with Gasteiger partial charge in [0.1, 0.15) is 17.7 Å². The molecule has 0 aliphatic carbocycles. The number of thiophene rings is 1. The third-order valence-electron chi connectivity index (χ3n) is 3.66. The van der Waals surface area contributed by atoms with Crippen LogP contribution in [0.5, 0.6) is 11.6 Å². The lowest BCUT2D eigenvalue weighted by atomic mass is 10.2. The van der Waals surface area contributed by atoms with Crippen LogP contribution in [0.15, 0.2) is 82.0 Å². The molecule has 0 spiro atoms. The number of nitrogens with zero attached hydrogens (tertiary/aromatic N) is 3. The maximum absolute atomic E-state index is 6.06. The van der Waals surface area contributed by atoms with Gasteiger partial charge in [-0.15, -0.1) is 11.3 Å². The summed E-state index contributed by atoms with van der Waals surface area (Å²) in [5, 5.41) is 5.92. The number of ether oxygens (including phenoxy) is 1. The lowest BCUT2D eigenvalue weighted by Gasteiger charge is -2.09. The zero-order chi connectivity index (χ0) is 19.2. The molecular formula is C20H16N4O3S.